The quantitative estimate of drug-likeness (QED) is 0.484. The van der Waals surface area contributed by atoms with Crippen LogP contribution in [0.1, 0.15) is 11.1 Å². The number of carbonyl (C=O) groups excluding carboxylic acids is 2. The van der Waals surface area contributed by atoms with Crippen LogP contribution in [0.2, 0.25) is 0 Å². The van der Waals surface area contributed by atoms with Gasteiger partial charge in [0.25, 0.3) is 15.9 Å². The Kier molecular flexibility index (Phi) is 4.56. The van der Waals surface area contributed by atoms with E-state index in [-0.39, 0.29) is 4.90 Å². The van der Waals surface area contributed by atoms with Gasteiger partial charge in [-0.2, -0.15) is 4.31 Å². The van der Waals surface area contributed by atoms with Crippen LogP contribution < -0.4 is 5.32 Å². The van der Waals surface area contributed by atoms with E-state index in [0.717, 1.165) is 5.39 Å². The summed E-state index contributed by atoms with van der Waals surface area (Å²) in [5.74, 6) is -0.718. The molecule has 0 unspecified atom stereocenters. The highest BCUT2D eigenvalue weighted by Gasteiger charge is 2.60. The third kappa shape index (κ3) is 2.82. The second kappa shape index (κ2) is 7.32. The van der Waals surface area contributed by atoms with E-state index in [1.807, 2.05) is 18.2 Å². The molecule has 1 aliphatic heterocycles. The van der Waals surface area contributed by atoms with Gasteiger partial charge in [0.05, 0.1) is 4.90 Å². The number of fused-ring (bicyclic) bond motifs is 1. The van der Waals surface area contributed by atoms with Gasteiger partial charge < -0.3 is 0 Å². The van der Waals surface area contributed by atoms with Crippen molar-refractivity contribution in [2.24, 2.45) is 0 Å². The number of imide groups is 1. The zero-order chi connectivity index (χ0) is 22.3. The molecule has 0 aromatic heterocycles. The molecule has 5 rings (SSSR count). The van der Waals surface area contributed by atoms with Gasteiger partial charge in [-0.15, -0.1) is 0 Å². The topological polar surface area (TPSA) is 83.6 Å². The average molecular weight is 442 g/mol. The van der Waals surface area contributed by atoms with Crippen LogP contribution >= 0.6 is 0 Å². The molecular formula is C25H18N2O4S. The maximum atomic E-state index is 13.9. The van der Waals surface area contributed by atoms with Crippen LogP contribution in [-0.4, -0.2) is 24.7 Å². The molecule has 1 heterocycles. The minimum Gasteiger partial charge on any atom is -0.274 e. The van der Waals surface area contributed by atoms with Crippen LogP contribution in [0.4, 0.5) is 4.79 Å². The first-order chi connectivity index (χ1) is 15.5. The van der Waals surface area contributed by atoms with E-state index in [9.17, 15) is 18.0 Å². The van der Waals surface area contributed by atoms with Gasteiger partial charge in [-0.05, 0) is 34.0 Å². The Hall–Kier alpha value is -3.97. The normalized spacial score (nSPS) is 15.7. The second-order valence-electron chi connectivity index (χ2n) is 7.48. The Balaban J connectivity index is 1.80. The number of rotatable bonds is 4. The summed E-state index contributed by atoms with van der Waals surface area (Å²) in [4.78, 5) is 26.3. The summed E-state index contributed by atoms with van der Waals surface area (Å²) in [5, 5.41) is 3.82. The molecule has 1 N–H and O–H groups in total. The summed E-state index contributed by atoms with van der Waals surface area (Å²) in [6.45, 7) is 0. The first-order valence-electron chi connectivity index (χ1n) is 9.96. The minimum atomic E-state index is -4.42. The molecule has 0 spiro atoms. The maximum Gasteiger partial charge on any atom is 0.339 e. The fraction of sp³-hybridized carbons (Fsp3) is 0.0400. The first-order valence-corrected chi connectivity index (χ1v) is 11.4. The van der Waals surface area contributed by atoms with Gasteiger partial charge in [-0.25, -0.2) is 13.2 Å². The molecule has 0 radical (unpaired) electrons. The highest BCUT2D eigenvalue weighted by molar-refractivity contribution is 7.89. The van der Waals surface area contributed by atoms with Crippen molar-refractivity contribution in [3.63, 3.8) is 0 Å². The van der Waals surface area contributed by atoms with E-state index in [4.69, 9.17) is 0 Å². The van der Waals surface area contributed by atoms with E-state index < -0.39 is 27.5 Å². The molecule has 0 aliphatic carbocycles. The fourth-order valence-electron chi connectivity index (χ4n) is 4.23. The summed E-state index contributed by atoms with van der Waals surface area (Å²) >= 11 is 0. The fourth-order valence-corrected chi connectivity index (χ4v) is 5.87. The molecule has 6 nitrogen and oxygen atoms in total. The van der Waals surface area contributed by atoms with Gasteiger partial charge in [0.15, 0.2) is 5.54 Å². The number of urea groups is 1. The minimum absolute atomic E-state index is 0.0720. The van der Waals surface area contributed by atoms with Gasteiger partial charge in [0.1, 0.15) is 0 Å². The van der Waals surface area contributed by atoms with Gasteiger partial charge in [0, 0.05) is 0 Å². The molecule has 4 aromatic rings. The molecule has 0 atom stereocenters. The van der Waals surface area contributed by atoms with Crippen LogP contribution in [0.3, 0.4) is 0 Å². The van der Waals surface area contributed by atoms with Gasteiger partial charge in [0.2, 0.25) is 0 Å². The lowest BCUT2D eigenvalue weighted by Crippen LogP contribution is -2.50. The smallest absolute Gasteiger partial charge is 0.274 e. The van der Waals surface area contributed by atoms with E-state index in [1.54, 1.807) is 72.8 Å². The lowest BCUT2D eigenvalue weighted by Gasteiger charge is -2.35. The number of hydrogen-bond donors (Lipinski definition) is 1. The average Bonchev–Trinajstić information content (AvgIpc) is 3.11. The monoisotopic (exact) mass is 442 g/mol. The maximum absolute atomic E-state index is 13.9. The van der Waals surface area contributed by atoms with Gasteiger partial charge in [-0.1, -0.05) is 91.0 Å². The highest BCUT2D eigenvalue weighted by Crippen LogP contribution is 2.43. The second-order valence-corrected chi connectivity index (χ2v) is 9.27. The Morgan fingerprint density at radius 3 is 1.78 bits per heavy atom. The van der Waals surface area contributed by atoms with Crippen LogP contribution in [-0.2, 0) is 20.4 Å². The Morgan fingerprint density at radius 1 is 0.656 bits per heavy atom. The molecule has 4 aromatic carbocycles. The predicted molar refractivity (Wildman–Crippen MR) is 120 cm³/mol. The van der Waals surface area contributed by atoms with Crippen LogP contribution in [0.25, 0.3) is 10.8 Å². The SMILES string of the molecule is O=C1NC(=O)C(c2ccccc2)(c2ccccc2)N1S(=O)(=O)c1ccc2ccccc2c1. The zero-order valence-corrected chi connectivity index (χ0v) is 17.6. The zero-order valence-electron chi connectivity index (χ0n) is 16.8. The molecular weight excluding hydrogens is 424 g/mol. The number of hydrogen-bond acceptors (Lipinski definition) is 4. The summed E-state index contributed by atoms with van der Waals surface area (Å²) in [6.07, 6.45) is 0. The molecule has 0 saturated carbocycles. The van der Waals surface area contributed by atoms with Crippen molar-refractivity contribution in [2.75, 3.05) is 0 Å². The third-order valence-electron chi connectivity index (χ3n) is 5.68. The molecule has 0 bridgehead atoms. The van der Waals surface area contributed by atoms with Crippen LogP contribution in [0.15, 0.2) is 108 Å². The van der Waals surface area contributed by atoms with E-state index in [1.165, 1.54) is 12.1 Å². The number of amides is 3. The largest absolute Gasteiger partial charge is 0.339 e. The van der Waals surface area contributed by atoms with Crippen molar-refractivity contribution in [1.29, 1.82) is 0 Å². The first kappa shape index (κ1) is 20.0. The van der Waals surface area contributed by atoms with E-state index >= 15 is 0 Å². The van der Waals surface area contributed by atoms with Crippen LogP contribution in [0.5, 0.6) is 0 Å². The standard InChI is InChI=1S/C25H18N2O4S/c28-23-25(20-11-3-1-4-12-20,21-13-5-2-6-14-21)27(24(29)26-23)32(30,31)22-16-15-18-9-7-8-10-19(18)17-22/h1-17H,(H,26,28,29). The molecule has 1 fully saturated rings. The summed E-state index contributed by atoms with van der Waals surface area (Å²) in [5.41, 5.74) is -1.12. The lowest BCUT2D eigenvalue weighted by molar-refractivity contribution is -0.124. The molecule has 7 heteroatoms. The summed E-state index contributed by atoms with van der Waals surface area (Å²) in [6, 6.07) is 27.9. The molecule has 3 amide bonds. The molecule has 1 aliphatic rings. The molecule has 1 saturated heterocycles. The lowest BCUT2D eigenvalue weighted by atomic mass is 9.83. The van der Waals surface area contributed by atoms with Crippen molar-refractivity contribution < 1.29 is 18.0 Å². The highest BCUT2D eigenvalue weighted by atomic mass is 32.2. The predicted octanol–water partition coefficient (Wildman–Crippen LogP) is 4.02. The number of nitrogens with one attached hydrogen (secondary N) is 1. The van der Waals surface area contributed by atoms with Crippen molar-refractivity contribution >= 4 is 32.7 Å². The van der Waals surface area contributed by atoms with E-state index in [0.29, 0.717) is 20.8 Å². The van der Waals surface area contributed by atoms with Crippen molar-refractivity contribution in [3.05, 3.63) is 114 Å². The van der Waals surface area contributed by atoms with Gasteiger partial charge in [-0.3, -0.25) is 10.1 Å². The number of benzene rings is 4. The van der Waals surface area contributed by atoms with Gasteiger partial charge >= 0.3 is 6.03 Å². The number of sulfonamides is 1. The van der Waals surface area contributed by atoms with Crippen molar-refractivity contribution in [2.45, 2.75) is 10.4 Å². The number of nitrogens with zero attached hydrogens (tertiary/aromatic N) is 1. The Labute approximate surface area is 185 Å². The third-order valence-corrected chi connectivity index (χ3v) is 7.45. The van der Waals surface area contributed by atoms with Crippen molar-refractivity contribution in [1.82, 2.24) is 9.62 Å². The molecule has 158 valence electrons. The summed E-state index contributed by atoms with van der Waals surface area (Å²) in [7, 11) is -4.42. The Bertz CT molecular complexity index is 1410. The van der Waals surface area contributed by atoms with Crippen molar-refractivity contribution in [3.8, 4) is 0 Å². The Morgan fingerprint density at radius 2 is 1.19 bits per heavy atom. The molecule has 32 heavy (non-hydrogen) atoms. The summed E-state index contributed by atoms with van der Waals surface area (Å²) < 4.78 is 28.5. The van der Waals surface area contributed by atoms with Crippen LogP contribution in [0, 0.1) is 0 Å². The van der Waals surface area contributed by atoms with E-state index in [2.05, 4.69) is 5.32 Å². The number of carbonyl (C=O) groups is 2.